The molecule has 3 heteroatoms. The summed E-state index contributed by atoms with van der Waals surface area (Å²) in [4.78, 5) is 0. The van der Waals surface area contributed by atoms with Gasteiger partial charge in [0, 0.05) is 43.6 Å². The first-order valence-corrected chi connectivity index (χ1v) is 15.7. The van der Waals surface area contributed by atoms with Crippen LogP contribution in [0.1, 0.15) is 28.8 Å². The molecule has 0 amide bonds. The highest BCUT2D eigenvalue weighted by Crippen LogP contribution is 2.43. The summed E-state index contributed by atoms with van der Waals surface area (Å²) in [5.41, 5.74) is -1.85. The molecule has 3 aromatic heterocycles. The summed E-state index contributed by atoms with van der Waals surface area (Å²) in [7, 11) is 0. The Balaban J connectivity index is 1.34. The number of hydrogen-bond acceptors (Lipinski definition) is 1. The van der Waals surface area contributed by atoms with E-state index in [4.69, 9.17) is 22.2 Å². The molecule has 8 aromatic carbocycles. The van der Waals surface area contributed by atoms with E-state index in [1.807, 2.05) is 0 Å². The first kappa shape index (κ1) is 14.6. The molecule has 238 valence electrons. The summed E-state index contributed by atoms with van der Waals surface area (Å²) in [6, 6.07) is 0.756. The van der Waals surface area contributed by atoms with Crippen molar-refractivity contribution in [3.05, 3.63) is 181 Å². The fourth-order valence-corrected chi connectivity index (χ4v) is 6.92. The van der Waals surface area contributed by atoms with Crippen LogP contribution < -0.4 is 0 Å². The van der Waals surface area contributed by atoms with Crippen molar-refractivity contribution < 1.29 is 33.2 Å². The van der Waals surface area contributed by atoms with Crippen molar-refractivity contribution in [3.63, 3.8) is 0 Å². The van der Waals surface area contributed by atoms with Crippen molar-refractivity contribution in [3.8, 4) is 33.6 Å². The Bertz CT molecular complexity index is 4350. The highest BCUT2D eigenvalue weighted by Gasteiger charge is 2.21. The van der Waals surface area contributed by atoms with E-state index in [0.29, 0.717) is 5.69 Å². The first-order chi connectivity index (χ1) is 34.0. The Hall–Kier alpha value is -6.84. The summed E-state index contributed by atoms with van der Waals surface area (Å²) >= 11 is 0. The minimum Gasteiger partial charge on any atom is -0.454 e. The van der Waals surface area contributed by atoms with Crippen LogP contribution in [0.5, 0.6) is 0 Å². The van der Waals surface area contributed by atoms with Gasteiger partial charge in [-0.2, -0.15) is 0 Å². The topological polar surface area (TPSA) is 23.0 Å². The standard InChI is InChI=1S/C48H30N2O/c1-3-14-31(15-4-1)34-20-13-27-45-46(34)39-23-12-26-44(48(39)51-45)50-42-25-10-8-19-37(42)40-30-32(28-29-43(40)50)35-21-11-22-38-36-18-7-9-24-41(36)49(47(35)38)33-16-5-2-6-17-33/h1-30H/i1D,3D,4D,7D,8D,9D,10D,11D,12D,13D,14D,18D,19D,20D,21D,22D,23D,24D,25D,26D,30D. The maximum Gasteiger partial charge on any atom is 0.159 e. The molecule has 0 atom stereocenters. The quantitative estimate of drug-likeness (QED) is 0.183. The number of rotatable bonds is 4. The van der Waals surface area contributed by atoms with Gasteiger partial charge in [-0.1, -0.05) is 133 Å². The molecule has 0 saturated heterocycles. The van der Waals surface area contributed by atoms with Crippen LogP contribution in [0, 0.1) is 0 Å². The molecular formula is C48H30N2O. The SMILES string of the molecule is [2H]c1cc(-c2c([2H])c([2H])cc3oc4c(-n5c6ccc(-c7c([2H])c([2H])c([2H])c8c9c([2H])c([2H])c([2H])c([2H])c9n(-c9ccccc9)c78)c([2H])c6c6c([2H])c([2H])c([2H])c([2H])c65)c([2H])c([2H])c([2H])c4c23)c([2H])c([2H])c1[2H]. The molecule has 51 heavy (non-hydrogen) atoms. The molecule has 0 radical (unpaired) electrons. The van der Waals surface area contributed by atoms with Gasteiger partial charge >= 0.3 is 0 Å². The van der Waals surface area contributed by atoms with Crippen LogP contribution in [-0.2, 0) is 0 Å². The Morgan fingerprint density at radius 2 is 1.18 bits per heavy atom. The molecule has 0 unspecified atom stereocenters. The van der Waals surface area contributed by atoms with Gasteiger partial charge in [0.1, 0.15) is 5.58 Å². The number of nitrogens with zero attached hydrogens (tertiary/aromatic N) is 2. The molecule has 11 aromatic rings. The number of furan rings is 1. The van der Waals surface area contributed by atoms with E-state index in [0.717, 1.165) is 12.1 Å². The number of fused-ring (bicyclic) bond motifs is 9. The molecule has 0 aliphatic rings. The predicted octanol–water partition coefficient (Wildman–Crippen LogP) is 13.1. The lowest BCUT2D eigenvalue weighted by Gasteiger charge is -2.12. The Morgan fingerprint density at radius 1 is 0.451 bits per heavy atom. The molecule has 0 saturated carbocycles. The van der Waals surface area contributed by atoms with Crippen LogP contribution >= 0.6 is 0 Å². The molecule has 0 bridgehead atoms. The number of benzene rings is 8. The Kier molecular flexibility index (Phi) is 3.09. The van der Waals surface area contributed by atoms with Crippen LogP contribution in [0.15, 0.2) is 186 Å². The maximum absolute atomic E-state index is 10.1. The van der Waals surface area contributed by atoms with Gasteiger partial charge in [-0.25, -0.2) is 0 Å². The lowest BCUT2D eigenvalue weighted by molar-refractivity contribution is 0.666. The average molecular weight is 672 g/mol. The minimum absolute atomic E-state index is 0.0309. The van der Waals surface area contributed by atoms with Crippen molar-refractivity contribution >= 4 is 65.6 Å². The van der Waals surface area contributed by atoms with Gasteiger partial charge < -0.3 is 13.6 Å². The smallest absolute Gasteiger partial charge is 0.159 e. The van der Waals surface area contributed by atoms with Gasteiger partial charge in [-0.3, -0.25) is 0 Å². The third-order valence-electron chi connectivity index (χ3n) is 9.01. The summed E-state index contributed by atoms with van der Waals surface area (Å²) in [5.74, 6) is 0. The van der Waals surface area contributed by atoms with E-state index in [1.54, 1.807) is 30.3 Å². The number of para-hydroxylation sites is 5. The van der Waals surface area contributed by atoms with Crippen molar-refractivity contribution in [2.75, 3.05) is 0 Å². The lowest BCUT2D eigenvalue weighted by Crippen LogP contribution is -1.95. The van der Waals surface area contributed by atoms with Crippen molar-refractivity contribution in [1.82, 2.24) is 9.13 Å². The third-order valence-corrected chi connectivity index (χ3v) is 9.01. The molecule has 0 aliphatic carbocycles. The van der Waals surface area contributed by atoms with Gasteiger partial charge in [0.05, 0.1) is 56.5 Å². The fourth-order valence-electron chi connectivity index (χ4n) is 6.92. The normalized spacial score (nSPS) is 17.7. The van der Waals surface area contributed by atoms with Gasteiger partial charge in [-0.05, 0) is 65.1 Å². The maximum atomic E-state index is 10.1. The van der Waals surface area contributed by atoms with Crippen molar-refractivity contribution in [1.29, 1.82) is 0 Å². The summed E-state index contributed by atoms with van der Waals surface area (Å²) in [5, 5.41) is -1.06. The molecular weight excluding hydrogens is 621 g/mol. The molecule has 0 aliphatic heterocycles. The van der Waals surface area contributed by atoms with Gasteiger partial charge in [0.15, 0.2) is 5.58 Å². The summed E-state index contributed by atoms with van der Waals surface area (Å²) in [6.07, 6.45) is 0. The van der Waals surface area contributed by atoms with Crippen LogP contribution in [0.2, 0.25) is 0 Å². The van der Waals surface area contributed by atoms with Crippen LogP contribution in [-0.4, -0.2) is 9.13 Å². The van der Waals surface area contributed by atoms with E-state index < -0.39 is 127 Å². The molecule has 0 spiro atoms. The number of hydrogen-bond donors (Lipinski definition) is 0. The van der Waals surface area contributed by atoms with Crippen molar-refractivity contribution in [2.24, 2.45) is 0 Å². The highest BCUT2D eigenvalue weighted by molar-refractivity contribution is 6.18. The largest absolute Gasteiger partial charge is 0.454 e. The second kappa shape index (κ2) is 10.8. The molecule has 0 fully saturated rings. The summed E-state index contributed by atoms with van der Waals surface area (Å²) in [6.45, 7) is 0. The molecule has 3 heterocycles. The number of aromatic nitrogens is 2. The van der Waals surface area contributed by atoms with E-state index in [2.05, 4.69) is 0 Å². The first-order valence-electron chi connectivity index (χ1n) is 26.2. The fraction of sp³-hybridized carbons (Fsp3) is 0. The Morgan fingerprint density at radius 3 is 2.06 bits per heavy atom. The second-order valence-electron chi connectivity index (χ2n) is 11.7. The van der Waals surface area contributed by atoms with Gasteiger partial charge in [-0.15, -0.1) is 0 Å². The average Bonchev–Trinajstić information content (AvgIpc) is 4.03. The van der Waals surface area contributed by atoms with Crippen LogP contribution in [0.25, 0.3) is 99.2 Å². The van der Waals surface area contributed by atoms with Crippen LogP contribution in [0.3, 0.4) is 0 Å². The zero-order valence-corrected chi connectivity index (χ0v) is 26.0. The summed E-state index contributed by atoms with van der Waals surface area (Å²) < 4.78 is 198. The third kappa shape index (κ3) is 4.06. The van der Waals surface area contributed by atoms with E-state index >= 15 is 0 Å². The second-order valence-corrected chi connectivity index (χ2v) is 11.7. The molecule has 11 rings (SSSR count). The monoisotopic (exact) mass is 671 g/mol. The highest BCUT2D eigenvalue weighted by atomic mass is 16.3. The lowest BCUT2D eigenvalue weighted by atomic mass is 9.99. The molecule has 3 nitrogen and oxygen atoms in total. The predicted molar refractivity (Wildman–Crippen MR) is 213 cm³/mol. The van der Waals surface area contributed by atoms with E-state index in [1.165, 1.54) is 21.3 Å². The van der Waals surface area contributed by atoms with Gasteiger partial charge in [0.2, 0.25) is 0 Å². The van der Waals surface area contributed by atoms with Gasteiger partial charge in [0.25, 0.3) is 0 Å². The Labute approximate surface area is 323 Å². The van der Waals surface area contributed by atoms with Crippen molar-refractivity contribution in [2.45, 2.75) is 0 Å². The van der Waals surface area contributed by atoms with E-state index in [-0.39, 0.29) is 93.5 Å². The zero-order valence-electron chi connectivity index (χ0n) is 47.0. The van der Waals surface area contributed by atoms with Crippen LogP contribution in [0.4, 0.5) is 0 Å². The zero-order chi connectivity index (χ0) is 51.7. The minimum atomic E-state index is -0.733. The molecule has 0 N–H and O–H groups in total. The van der Waals surface area contributed by atoms with E-state index in [9.17, 15) is 11.0 Å².